The van der Waals surface area contributed by atoms with Gasteiger partial charge in [0.05, 0.1) is 11.0 Å². The van der Waals surface area contributed by atoms with E-state index < -0.39 is 6.29 Å². The predicted molar refractivity (Wildman–Crippen MR) is 85.8 cm³/mol. The molecule has 0 fully saturated rings. The van der Waals surface area contributed by atoms with Crippen molar-refractivity contribution in [1.29, 1.82) is 0 Å². The molecule has 1 aliphatic rings. The topological polar surface area (TPSA) is 102 Å². The first-order valence-corrected chi connectivity index (χ1v) is 7.28. The van der Waals surface area contributed by atoms with Gasteiger partial charge in [0.25, 0.3) is 5.91 Å². The Morgan fingerprint density at radius 3 is 2.68 bits per heavy atom. The Kier molecular flexibility index (Phi) is 3.08. The number of rotatable bonds is 2. The fraction of sp³-hybridized carbons (Fsp3) is 0.125. The van der Waals surface area contributed by atoms with Gasteiger partial charge in [0.15, 0.2) is 11.5 Å². The maximum atomic E-state index is 13.1. The Morgan fingerprint density at radius 1 is 1.24 bits per heavy atom. The minimum Gasteiger partial charge on any atom is -0.399 e. The van der Waals surface area contributed by atoms with E-state index in [1.54, 1.807) is 25.1 Å². The second-order valence-corrected chi connectivity index (χ2v) is 5.59. The normalized spacial score (nSPS) is 14.7. The highest BCUT2D eigenvalue weighted by Gasteiger charge is 2.43. The van der Waals surface area contributed by atoms with Crippen LogP contribution in [0, 0.1) is 6.92 Å². The lowest BCUT2D eigenvalue weighted by Crippen LogP contribution is -2.25. The van der Waals surface area contributed by atoms with E-state index in [1.807, 2.05) is 0 Å². The van der Waals surface area contributed by atoms with Gasteiger partial charge in [-0.2, -0.15) is 0 Å². The molecule has 1 aliphatic heterocycles. The van der Waals surface area contributed by atoms with E-state index in [-0.39, 0.29) is 23.4 Å². The van der Waals surface area contributed by atoms with Gasteiger partial charge in [0.1, 0.15) is 0 Å². The highest BCUT2D eigenvalue weighted by atomic mass is 19.3. The summed E-state index contributed by atoms with van der Waals surface area (Å²) in [6.45, 7) is 1.80. The van der Waals surface area contributed by atoms with Gasteiger partial charge in [-0.1, -0.05) is 0 Å². The van der Waals surface area contributed by atoms with E-state index in [9.17, 15) is 13.6 Å². The molecule has 25 heavy (non-hydrogen) atoms. The van der Waals surface area contributed by atoms with Crippen molar-refractivity contribution in [2.24, 2.45) is 0 Å². The summed E-state index contributed by atoms with van der Waals surface area (Å²) in [5.41, 5.74) is 8.29. The summed E-state index contributed by atoms with van der Waals surface area (Å²) in [6.07, 6.45) is -3.69. The molecule has 2 heterocycles. The van der Waals surface area contributed by atoms with Crippen LogP contribution in [0.5, 0.6) is 11.5 Å². The van der Waals surface area contributed by atoms with Gasteiger partial charge in [0, 0.05) is 23.4 Å². The number of H-pyrrole nitrogens is 1. The number of alkyl halides is 2. The molecule has 0 saturated carbocycles. The number of imidazole rings is 1. The second-order valence-electron chi connectivity index (χ2n) is 5.59. The average molecular weight is 346 g/mol. The largest absolute Gasteiger partial charge is 0.586 e. The van der Waals surface area contributed by atoms with E-state index in [1.165, 1.54) is 12.1 Å². The number of hydrogen-bond donors (Lipinski definition) is 3. The molecule has 2 aromatic carbocycles. The van der Waals surface area contributed by atoms with E-state index in [4.69, 9.17) is 5.73 Å². The fourth-order valence-corrected chi connectivity index (χ4v) is 2.51. The van der Waals surface area contributed by atoms with Crippen LogP contribution < -0.4 is 20.5 Å². The minimum absolute atomic E-state index is 0.104. The van der Waals surface area contributed by atoms with E-state index in [0.29, 0.717) is 22.3 Å². The molecule has 0 bridgehead atoms. The predicted octanol–water partition coefficient (Wildman–Crippen LogP) is 3.03. The van der Waals surface area contributed by atoms with Crippen molar-refractivity contribution in [3.05, 3.63) is 41.5 Å². The number of fused-ring (bicyclic) bond motifs is 2. The summed E-state index contributed by atoms with van der Waals surface area (Å²) in [7, 11) is 0. The summed E-state index contributed by atoms with van der Waals surface area (Å²) in [4.78, 5) is 19.3. The van der Waals surface area contributed by atoms with E-state index in [0.717, 1.165) is 5.56 Å². The van der Waals surface area contributed by atoms with E-state index >= 15 is 0 Å². The van der Waals surface area contributed by atoms with Gasteiger partial charge in [-0.25, -0.2) is 4.98 Å². The number of aromatic nitrogens is 2. The zero-order valence-corrected chi connectivity index (χ0v) is 12.9. The molecule has 4 rings (SSSR count). The Labute approximate surface area is 139 Å². The molecule has 3 aromatic rings. The number of carbonyl (C=O) groups excluding carboxylic acids is 1. The summed E-state index contributed by atoms with van der Waals surface area (Å²) in [6, 6.07) is 7.54. The Morgan fingerprint density at radius 2 is 1.96 bits per heavy atom. The third-order valence-electron chi connectivity index (χ3n) is 3.77. The first kappa shape index (κ1) is 15.2. The lowest BCUT2D eigenvalue weighted by Gasteiger charge is -2.05. The third-order valence-corrected chi connectivity index (χ3v) is 3.77. The number of nitrogens with zero attached hydrogens (tertiary/aromatic N) is 1. The summed E-state index contributed by atoms with van der Waals surface area (Å²) < 4.78 is 34.9. The molecule has 128 valence electrons. The van der Waals surface area contributed by atoms with Crippen LogP contribution in [0.4, 0.5) is 20.4 Å². The number of nitrogen functional groups attached to an aromatic ring is 1. The molecule has 0 spiro atoms. The Bertz CT molecular complexity index is 971. The molecule has 4 N–H and O–H groups in total. The van der Waals surface area contributed by atoms with Gasteiger partial charge in [-0.3, -0.25) is 10.1 Å². The van der Waals surface area contributed by atoms with Crippen LogP contribution in [0.2, 0.25) is 0 Å². The van der Waals surface area contributed by atoms with Gasteiger partial charge in [-0.05, 0) is 30.7 Å². The van der Waals surface area contributed by atoms with Crippen LogP contribution in [0.15, 0.2) is 30.3 Å². The number of ether oxygens (including phenoxy) is 2. The van der Waals surface area contributed by atoms with Crippen molar-refractivity contribution in [3.8, 4) is 11.5 Å². The number of amides is 1. The van der Waals surface area contributed by atoms with Crippen LogP contribution in [0.1, 0.15) is 15.9 Å². The van der Waals surface area contributed by atoms with Crippen molar-refractivity contribution in [2.45, 2.75) is 13.2 Å². The number of nitrogens with one attached hydrogen (secondary N) is 2. The lowest BCUT2D eigenvalue weighted by molar-refractivity contribution is -0.286. The van der Waals surface area contributed by atoms with Gasteiger partial charge < -0.3 is 20.2 Å². The van der Waals surface area contributed by atoms with Gasteiger partial charge in [-0.15, -0.1) is 8.78 Å². The summed E-state index contributed by atoms with van der Waals surface area (Å²) in [5.74, 6) is -0.428. The average Bonchev–Trinajstić information content (AvgIpc) is 3.04. The maximum absolute atomic E-state index is 13.1. The van der Waals surface area contributed by atoms with Gasteiger partial charge in [0.2, 0.25) is 5.95 Å². The zero-order valence-electron chi connectivity index (χ0n) is 12.9. The number of nitrogens with two attached hydrogens (primary N) is 1. The summed E-state index contributed by atoms with van der Waals surface area (Å²) >= 11 is 0. The van der Waals surface area contributed by atoms with Crippen molar-refractivity contribution in [3.63, 3.8) is 0 Å². The molecule has 0 radical (unpaired) electrons. The van der Waals surface area contributed by atoms with Crippen LogP contribution in [-0.2, 0) is 0 Å². The number of aryl methyl sites for hydroxylation is 1. The maximum Gasteiger partial charge on any atom is 0.586 e. The molecule has 1 aromatic heterocycles. The molecule has 9 heteroatoms. The van der Waals surface area contributed by atoms with E-state index in [2.05, 4.69) is 24.8 Å². The van der Waals surface area contributed by atoms with Gasteiger partial charge >= 0.3 is 6.29 Å². The molecule has 0 saturated heterocycles. The second kappa shape index (κ2) is 5.07. The zero-order chi connectivity index (χ0) is 17.8. The number of anilines is 2. The third kappa shape index (κ3) is 2.69. The quantitative estimate of drug-likeness (QED) is 0.619. The standard InChI is InChI=1S/C16H12F2N4O3/c1-7-4-8(2-3-9(7)19)14(23)22-15-20-10-5-12-13(6-11(10)21-15)25-16(17,18)24-12/h2-6H,19H2,1H3,(H2,20,21,22,23). The minimum atomic E-state index is -3.69. The first-order valence-electron chi connectivity index (χ1n) is 7.28. The molecule has 7 nitrogen and oxygen atoms in total. The van der Waals surface area contributed by atoms with Crippen LogP contribution in [-0.4, -0.2) is 22.2 Å². The smallest absolute Gasteiger partial charge is 0.399 e. The molecule has 0 atom stereocenters. The SMILES string of the molecule is Cc1cc(C(=O)Nc2nc3cc4c(cc3[nH]2)OC(F)(F)O4)ccc1N. The van der Waals surface area contributed by atoms with Crippen LogP contribution >= 0.6 is 0 Å². The van der Waals surface area contributed by atoms with Crippen molar-refractivity contribution in [1.82, 2.24) is 9.97 Å². The molecule has 0 aliphatic carbocycles. The molecular formula is C16H12F2N4O3. The number of benzene rings is 2. The summed E-state index contributed by atoms with van der Waals surface area (Å²) in [5, 5.41) is 2.61. The fourth-order valence-electron chi connectivity index (χ4n) is 2.51. The number of hydrogen-bond acceptors (Lipinski definition) is 5. The first-order chi connectivity index (χ1) is 11.8. The molecule has 1 amide bonds. The number of aromatic amines is 1. The molecule has 0 unspecified atom stereocenters. The Balaban J connectivity index is 1.60. The molecular weight excluding hydrogens is 334 g/mol. The lowest BCUT2D eigenvalue weighted by atomic mass is 10.1. The highest BCUT2D eigenvalue weighted by molar-refractivity contribution is 6.04. The van der Waals surface area contributed by atoms with Crippen LogP contribution in [0.3, 0.4) is 0 Å². The monoisotopic (exact) mass is 346 g/mol. The van der Waals surface area contributed by atoms with Crippen molar-refractivity contribution < 1.29 is 23.0 Å². The van der Waals surface area contributed by atoms with Crippen molar-refractivity contribution in [2.75, 3.05) is 11.1 Å². The van der Waals surface area contributed by atoms with Crippen LogP contribution in [0.25, 0.3) is 11.0 Å². The Hall–Kier alpha value is -3.36. The van der Waals surface area contributed by atoms with Crippen molar-refractivity contribution >= 4 is 28.6 Å². The number of halogens is 2. The highest BCUT2D eigenvalue weighted by Crippen LogP contribution is 2.42. The number of carbonyl (C=O) groups is 1.